The summed E-state index contributed by atoms with van der Waals surface area (Å²) in [5.74, 6) is 1.06. The average molecular weight is 321 g/mol. The first-order valence-corrected chi connectivity index (χ1v) is 7.61. The topological polar surface area (TPSA) is 65.4 Å². The van der Waals surface area contributed by atoms with Crippen LogP contribution in [-0.4, -0.2) is 28.9 Å². The third-order valence-electron chi connectivity index (χ3n) is 3.68. The van der Waals surface area contributed by atoms with Gasteiger partial charge in [0.15, 0.2) is 11.5 Å². The van der Waals surface area contributed by atoms with Crippen molar-refractivity contribution in [1.82, 2.24) is 9.78 Å². The number of hydrogen-bond donors (Lipinski definition) is 1. The molecule has 6 nitrogen and oxygen atoms in total. The molecule has 1 aliphatic heterocycles. The molecule has 0 saturated heterocycles. The molecular formula is C18H15N3O3. The van der Waals surface area contributed by atoms with Gasteiger partial charge in [0.25, 0.3) is 5.91 Å². The maximum absolute atomic E-state index is 12.5. The second-order valence-electron chi connectivity index (χ2n) is 5.31. The molecule has 1 N–H and O–H groups in total. The molecule has 0 saturated carbocycles. The highest BCUT2D eigenvalue weighted by Gasteiger charge is 2.15. The number of nitrogens with zero attached hydrogens (tertiary/aromatic N) is 2. The number of aromatic nitrogens is 2. The molecule has 0 unspecified atom stereocenters. The standard InChI is InChI=1S/C18H15N3O3/c22-18(13-5-6-16-17(11-13)24-10-9-23-16)20-14-3-1-4-15(12-14)21-8-2-7-19-21/h1-8,11-12H,9-10H2,(H,20,22). The summed E-state index contributed by atoms with van der Waals surface area (Å²) in [5, 5.41) is 7.08. The zero-order valence-electron chi connectivity index (χ0n) is 12.8. The first-order valence-electron chi connectivity index (χ1n) is 7.61. The van der Waals surface area contributed by atoms with E-state index in [4.69, 9.17) is 9.47 Å². The van der Waals surface area contributed by atoms with Crippen molar-refractivity contribution in [3.05, 3.63) is 66.5 Å². The summed E-state index contributed by atoms with van der Waals surface area (Å²) in [6.45, 7) is 1.02. The summed E-state index contributed by atoms with van der Waals surface area (Å²) in [6.07, 6.45) is 3.56. The first-order chi connectivity index (χ1) is 11.8. The third-order valence-corrected chi connectivity index (χ3v) is 3.68. The SMILES string of the molecule is O=C(Nc1cccc(-n2cccn2)c1)c1ccc2c(c1)OCCO2. The maximum atomic E-state index is 12.5. The minimum Gasteiger partial charge on any atom is -0.486 e. The molecule has 2 heterocycles. The Morgan fingerprint density at radius 3 is 2.75 bits per heavy atom. The summed E-state index contributed by atoms with van der Waals surface area (Å²) >= 11 is 0. The van der Waals surface area contributed by atoms with Crippen molar-refractivity contribution in [2.24, 2.45) is 0 Å². The molecule has 1 amide bonds. The molecule has 0 radical (unpaired) electrons. The van der Waals surface area contributed by atoms with Gasteiger partial charge in [-0.15, -0.1) is 0 Å². The highest BCUT2D eigenvalue weighted by atomic mass is 16.6. The van der Waals surface area contributed by atoms with Crippen LogP contribution >= 0.6 is 0 Å². The van der Waals surface area contributed by atoms with Gasteiger partial charge in [-0.2, -0.15) is 5.10 Å². The van der Waals surface area contributed by atoms with Crippen LogP contribution in [0.1, 0.15) is 10.4 Å². The minimum absolute atomic E-state index is 0.204. The molecule has 0 bridgehead atoms. The lowest BCUT2D eigenvalue weighted by Gasteiger charge is -2.18. The van der Waals surface area contributed by atoms with E-state index in [0.717, 1.165) is 5.69 Å². The highest BCUT2D eigenvalue weighted by molar-refractivity contribution is 6.04. The fourth-order valence-corrected chi connectivity index (χ4v) is 2.54. The minimum atomic E-state index is -0.204. The van der Waals surface area contributed by atoms with Gasteiger partial charge in [0.2, 0.25) is 0 Å². The molecule has 6 heteroatoms. The van der Waals surface area contributed by atoms with E-state index in [0.29, 0.717) is 36.0 Å². The van der Waals surface area contributed by atoms with Gasteiger partial charge in [0.05, 0.1) is 5.69 Å². The fraction of sp³-hybridized carbons (Fsp3) is 0.111. The van der Waals surface area contributed by atoms with Crippen LogP contribution in [0.4, 0.5) is 5.69 Å². The summed E-state index contributed by atoms with van der Waals surface area (Å²) < 4.78 is 12.7. The zero-order chi connectivity index (χ0) is 16.4. The van der Waals surface area contributed by atoms with E-state index in [9.17, 15) is 4.79 Å². The molecule has 24 heavy (non-hydrogen) atoms. The number of nitrogens with one attached hydrogen (secondary N) is 1. The first kappa shape index (κ1) is 14.3. The van der Waals surface area contributed by atoms with E-state index in [2.05, 4.69) is 10.4 Å². The van der Waals surface area contributed by atoms with Gasteiger partial charge in [-0.3, -0.25) is 4.79 Å². The average Bonchev–Trinajstić information content (AvgIpc) is 3.16. The van der Waals surface area contributed by atoms with Crippen LogP contribution in [0.25, 0.3) is 5.69 Å². The molecule has 0 atom stereocenters. The van der Waals surface area contributed by atoms with Gasteiger partial charge >= 0.3 is 0 Å². The number of rotatable bonds is 3. The second kappa shape index (κ2) is 6.08. The molecule has 4 rings (SSSR count). The van der Waals surface area contributed by atoms with Crippen LogP contribution in [0.3, 0.4) is 0 Å². The van der Waals surface area contributed by atoms with E-state index in [1.165, 1.54) is 0 Å². The van der Waals surface area contributed by atoms with Crippen molar-refractivity contribution in [3.8, 4) is 17.2 Å². The van der Waals surface area contributed by atoms with Gasteiger partial charge < -0.3 is 14.8 Å². The Hall–Kier alpha value is -3.28. The predicted molar refractivity (Wildman–Crippen MR) is 88.9 cm³/mol. The van der Waals surface area contributed by atoms with E-state index >= 15 is 0 Å². The highest BCUT2D eigenvalue weighted by Crippen LogP contribution is 2.31. The molecule has 0 fully saturated rings. The zero-order valence-corrected chi connectivity index (χ0v) is 12.8. The number of benzene rings is 2. The molecule has 0 aliphatic carbocycles. The molecule has 1 aliphatic rings. The van der Waals surface area contributed by atoms with Gasteiger partial charge in [-0.1, -0.05) is 6.07 Å². The molecule has 0 spiro atoms. The van der Waals surface area contributed by atoms with Gasteiger partial charge in [-0.25, -0.2) is 4.68 Å². The van der Waals surface area contributed by atoms with E-state index in [-0.39, 0.29) is 5.91 Å². The summed E-state index contributed by atoms with van der Waals surface area (Å²) in [5.41, 5.74) is 2.09. The van der Waals surface area contributed by atoms with Crippen molar-refractivity contribution in [2.75, 3.05) is 18.5 Å². The monoisotopic (exact) mass is 321 g/mol. The van der Waals surface area contributed by atoms with Gasteiger partial charge in [0.1, 0.15) is 13.2 Å². The summed E-state index contributed by atoms with van der Waals surface area (Å²) in [6, 6.07) is 14.5. The number of carbonyl (C=O) groups excluding carboxylic acids is 1. The van der Waals surface area contributed by atoms with E-state index in [1.807, 2.05) is 36.5 Å². The fourth-order valence-electron chi connectivity index (χ4n) is 2.54. The quantitative estimate of drug-likeness (QED) is 0.805. The van der Waals surface area contributed by atoms with Crippen LogP contribution < -0.4 is 14.8 Å². The van der Waals surface area contributed by atoms with Crippen LogP contribution in [0.2, 0.25) is 0 Å². The number of amides is 1. The van der Waals surface area contributed by atoms with Gasteiger partial charge in [0, 0.05) is 23.6 Å². The van der Waals surface area contributed by atoms with Crippen LogP contribution in [0.15, 0.2) is 60.9 Å². The number of ether oxygens (including phenoxy) is 2. The molecule has 120 valence electrons. The van der Waals surface area contributed by atoms with Crippen LogP contribution in [0, 0.1) is 0 Å². The number of carbonyl (C=O) groups is 1. The Morgan fingerprint density at radius 2 is 1.92 bits per heavy atom. The van der Waals surface area contributed by atoms with Gasteiger partial charge in [-0.05, 0) is 42.5 Å². The number of hydrogen-bond acceptors (Lipinski definition) is 4. The lowest BCUT2D eigenvalue weighted by atomic mass is 10.1. The van der Waals surface area contributed by atoms with E-state index in [1.54, 1.807) is 29.1 Å². The maximum Gasteiger partial charge on any atom is 0.255 e. The lowest BCUT2D eigenvalue weighted by molar-refractivity contribution is 0.102. The van der Waals surface area contributed by atoms with Crippen molar-refractivity contribution in [3.63, 3.8) is 0 Å². The van der Waals surface area contributed by atoms with E-state index < -0.39 is 0 Å². The Morgan fingerprint density at radius 1 is 1.04 bits per heavy atom. The Labute approximate surface area is 138 Å². The molecule has 1 aromatic heterocycles. The Kier molecular flexibility index (Phi) is 3.63. The van der Waals surface area contributed by atoms with Crippen molar-refractivity contribution in [2.45, 2.75) is 0 Å². The predicted octanol–water partition coefficient (Wildman–Crippen LogP) is 2.90. The van der Waals surface area contributed by atoms with Crippen LogP contribution in [0.5, 0.6) is 11.5 Å². The van der Waals surface area contributed by atoms with Crippen molar-refractivity contribution < 1.29 is 14.3 Å². The Balaban J connectivity index is 1.55. The number of anilines is 1. The second-order valence-corrected chi connectivity index (χ2v) is 5.31. The lowest BCUT2D eigenvalue weighted by Crippen LogP contribution is -2.17. The summed E-state index contributed by atoms with van der Waals surface area (Å²) in [4.78, 5) is 12.5. The van der Waals surface area contributed by atoms with Crippen molar-refractivity contribution >= 4 is 11.6 Å². The molecule has 3 aromatic rings. The molecular weight excluding hydrogens is 306 g/mol. The van der Waals surface area contributed by atoms with Crippen molar-refractivity contribution in [1.29, 1.82) is 0 Å². The smallest absolute Gasteiger partial charge is 0.255 e. The normalized spacial score (nSPS) is 12.7. The largest absolute Gasteiger partial charge is 0.486 e. The van der Waals surface area contributed by atoms with Crippen LogP contribution in [-0.2, 0) is 0 Å². The third kappa shape index (κ3) is 2.81. The Bertz CT molecular complexity index is 875. The summed E-state index contributed by atoms with van der Waals surface area (Å²) in [7, 11) is 0. The number of fused-ring (bicyclic) bond motifs is 1. The molecule has 2 aromatic carbocycles.